The number of rotatable bonds is 0. The van der Waals surface area contributed by atoms with Crippen LogP contribution in [0.2, 0.25) is 0 Å². The van der Waals surface area contributed by atoms with Gasteiger partial charge in [-0.15, -0.1) is 0 Å². The first-order valence-corrected chi connectivity index (χ1v) is 0. The fraction of sp³-hybridized carbons (Fsp3) is 0. The van der Waals surface area contributed by atoms with Gasteiger partial charge >= 0.3 is 37.1 Å². The van der Waals surface area contributed by atoms with E-state index < -0.39 is 0 Å². The SMILES string of the molecule is [S-2].[S-2].[S-2].[V+5].[V+5]. The Balaban J connectivity index is 0. The van der Waals surface area contributed by atoms with E-state index in [-0.39, 0.29) is 77.6 Å². The molecule has 0 saturated heterocycles. The van der Waals surface area contributed by atoms with Gasteiger partial charge in [0.15, 0.2) is 0 Å². The van der Waals surface area contributed by atoms with Gasteiger partial charge < -0.3 is 40.5 Å². The fourth-order valence-electron chi connectivity index (χ4n) is 0. The third kappa shape index (κ3) is 22.5. The standard InChI is InChI=1S/3S.2V/q3*-2;2*+5. The van der Waals surface area contributed by atoms with Gasteiger partial charge in [0.25, 0.3) is 0 Å². The summed E-state index contributed by atoms with van der Waals surface area (Å²) >= 11 is 0. The molecule has 0 heterocycles. The van der Waals surface area contributed by atoms with Crippen molar-refractivity contribution in [2.24, 2.45) is 0 Å². The maximum Gasteiger partial charge on any atom is 5.00 e. The van der Waals surface area contributed by atoms with Gasteiger partial charge in [0.05, 0.1) is 0 Å². The van der Waals surface area contributed by atoms with E-state index in [1.807, 2.05) is 0 Å². The normalized spacial score (nSPS) is 0. The smallest absolute Gasteiger partial charge is 2.00 e. The Labute approximate surface area is 77.0 Å². The Bertz CT molecular complexity index is 4.85. The average Bonchev–Trinajstić information content (AvgIpc) is 0. The Hall–Kier alpha value is 2.22. The van der Waals surface area contributed by atoms with E-state index in [1.165, 1.54) is 0 Å². The molecule has 5 heteroatoms. The predicted molar refractivity (Wildman–Crippen MR) is 22.1 cm³/mol. The van der Waals surface area contributed by atoms with Crippen molar-refractivity contribution in [3.63, 3.8) is 0 Å². The minimum Gasteiger partial charge on any atom is -2.00 e. The van der Waals surface area contributed by atoms with Gasteiger partial charge in [-0.05, 0) is 0 Å². The minimum atomic E-state index is 0. The molecule has 0 aliphatic carbocycles. The summed E-state index contributed by atoms with van der Waals surface area (Å²) in [5, 5.41) is 0. The molecular formula is S3V2+4. The molecule has 0 N–H and O–H groups in total. The van der Waals surface area contributed by atoms with Crippen LogP contribution in [0.15, 0.2) is 0 Å². The second kappa shape index (κ2) is 34.4. The zero-order valence-corrected chi connectivity index (χ0v) is 7.36. The van der Waals surface area contributed by atoms with Crippen LogP contribution >= 0.6 is 0 Å². The maximum absolute atomic E-state index is 0. The first-order valence-electron chi connectivity index (χ1n) is 0. The van der Waals surface area contributed by atoms with Crippen LogP contribution in [0.4, 0.5) is 0 Å². The molecule has 0 aromatic heterocycles. The van der Waals surface area contributed by atoms with Gasteiger partial charge in [-0.25, -0.2) is 0 Å². The van der Waals surface area contributed by atoms with Crippen LogP contribution in [0.3, 0.4) is 0 Å². The molecule has 0 aliphatic rings. The zero-order chi connectivity index (χ0) is 0. The molecule has 0 saturated carbocycles. The van der Waals surface area contributed by atoms with Gasteiger partial charge in [-0.1, -0.05) is 0 Å². The van der Waals surface area contributed by atoms with Crippen LogP contribution in [0, 0.1) is 0 Å². The Kier molecular flexibility index (Phi) is 390. The second-order valence-corrected chi connectivity index (χ2v) is 0. The molecule has 0 aliphatic heterocycles. The molecular weight excluding hydrogens is 198 g/mol. The third-order valence-electron chi connectivity index (χ3n) is 0. The van der Waals surface area contributed by atoms with Crippen molar-refractivity contribution in [1.29, 1.82) is 0 Å². The average molecular weight is 198 g/mol. The van der Waals surface area contributed by atoms with Crippen molar-refractivity contribution >= 4 is 40.5 Å². The topological polar surface area (TPSA) is 0 Å². The van der Waals surface area contributed by atoms with E-state index in [0.717, 1.165) is 0 Å². The summed E-state index contributed by atoms with van der Waals surface area (Å²) in [7, 11) is 0. The summed E-state index contributed by atoms with van der Waals surface area (Å²) < 4.78 is 0. The van der Waals surface area contributed by atoms with Crippen molar-refractivity contribution < 1.29 is 37.1 Å². The molecule has 0 aromatic rings. The Morgan fingerprint density at radius 1 is 0.400 bits per heavy atom. The van der Waals surface area contributed by atoms with Crippen molar-refractivity contribution in [2.45, 2.75) is 0 Å². The molecule has 5 heavy (non-hydrogen) atoms. The van der Waals surface area contributed by atoms with Crippen LogP contribution < -0.4 is 0 Å². The molecule has 0 spiro atoms. The van der Waals surface area contributed by atoms with Gasteiger partial charge in [0.2, 0.25) is 0 Å². The zero-order valence-electron chi connectivity index (χ0n) is 2.12. The van der Waals surface area contributed by atoms with Gasteiger partial charge in [-0.3, -0.25) is 0 Å². The summed E-state index contributed by atoms with van der Waals surface area (Å²) in [5.74, 6) is 0. The molecule has 24 valence electrons. The predicted octanol–water partition coefficient (Wildman–Crippen LogP) is -0.0122. The molecule has 0 bridgehead atoms. The molecule has 0 radical (unpaired) electrons. The second-order valence-electron chi connectivity index (χ2n) is 0. The van der Waals surface area contributed by atoms with Crippen molar-refractivity contribution in [3.05, 3.63) is 0 Å². The summed E-state index contributed by atoms with van der Waals surface area (Å²) in [6, 6.07) is 0. The number of hydrogen-bond donors (Lipinski definition) is 0. The largest absolute Gasteiger partial charge is 5.00 e. The number of hydrogen-bond acceptors (Lipinski definition) is 0. The molecule has 0 nitrogen and oxygen atoms in total. The van der Waals surface area contributed by atoms with Crippen molar-refractivity contribution in [3.8, 4) is 0 Å². The van der Waals surface area contributed by atoms with Crippen molar-refractivity contribution in [2.75, 3.05) is 0 Å². The Morgan fingerprint density at radius 3 is 0.400 bits per heavy atom. The molecule has 0 rings (SSSR count). The van der Waals surface area contributed by atoms with Gasteiger partial charge in [0, 0.05) is 0 Å². The van der Waals surface area contributed by atoms with Crippen LogP contribution in [-0.2, 0) is 77.6 Å². The van der Waals surface area contributed by atoms with Gasteiger partial charge in [-0.2, -0.15) is 0 Å². The molecule has 0 fully saturated rings. The summed E-state index contributed by atoms with van der Waals surface area (Å²) in [6.07, 6.45) is 0. The third-order valence-corrected chi connectivity index (χ3v) is 0. The fourth-order valence-corrected chi connectivity index (χ4v) is 0. The van der Waals surface area contributed by atoms with Crippen LogP contribution in [0.25, 0.3) is 0 Å². The first kappa shape index (κ1) is 56.7. The van der Waals surface area contributed by atoms with E-state index in [1.54, 1.807) is 0 Å². The molecule has 0 amide bonds. The first-order chi connectivity index (χ1) is 0. The quantitative estimate of drug-likeness (QED) is 0.513. The van der Waals surface area contributed by atoms with E-state index in [2.05, 4.69) is 0 Å². The summed E-state index contributed by atoms with van der Waals surface area (Å²) in [5.41, 5.74) is 0. The van der Waals surface area contributed by atoms with E-state index in [9.17, 15) is 0 Å². The molecule has 0 unspecified atom stereocenters. The van der Waals surface area contributed by atoms with Gasteiger partial charge in [0.1, 0.15) is 0 Å². The monoisotopic (exact) mass is 198 g/mol. The summed E-state index contributed by atoms with van der Waals surface area (Å²) in [4.78, 5) is 0. The van der Waals surface area contributed by atoms with Crippen LogP contribution in [-0.4, -0.2) is 0 Å². The van der Waals surface area contributed by atoms with E-state index in [4.69, 9.17) is 0 Å². The maximum atomic E-state index is 0. The minimum absolute atomic E-state index is 0. The Morgan fingerprint density at radius 2 is 0.400 bits per heavy atom. The van der Waals surface area contributed by atoms with Crippen LogP contribution in [0.1, 0.15) is 0 Å². The molecule has 0 atom stereocenters. The molecule has 0 aromatic carbocycles. The van der Waals surface area contributed by atoms with E-state index in [0.29, 0.717) is 0 Å². The van der Waals surface area contributed by atoms with E-state index >= 15 is 0 Å². The van der Waals surface area contributed by atoms with Crippen LogP contribution in [0.5, 0.6) is 0 Å². The summed E-state index contributed by atoms with van der Waals surface area (Å²) in [6.45, 7) is 0. The van der Waals surface area contributed by atoms with Crippen molar-refractivity contribution in [1.82, 2.24) is 0 Å².